The molecule has 7 heteroatoms. The van der Waals surface area contributed by atoms with Gasteiger partial charge in [0.25, 0.3) is 5.91 Å². The number of ether oxygens (including phenoxy) is 1. The second kappa shape index (κ2) is 7.75. The maximum Gasteiger partial charge on any atom is 0.251 e. The van der Waals surface area contributed by atoms with Crippen LogP contribution in [0.2, 0.25) is 0 Å². The van der Waals surface area contributed by atoms with Crippen LogP contribution in [0.4, 0.5) is 0 Å². The van der Waals surface area contributed by atoms with E-state index in [4.69, 9.17) is 4.74 Å². The van der Waals surface area contributed by atoms with Crippen LogP contribution in [0.5, 0.6) is 5.75 Å². The van der Waals surface area contributed by atoms with E-state index in [9.17, 15) is 9.59 Å². The molecule has 0 radical (unpaired) electrons. The summed E-state index contributed by atoms with van der Waals surface area (Å²) in [6, 6.07) is 6.90. The first-order chi connectivity index (χ1) is 13.6. The predicted molar refractivity (Wildman–Crippen MR) is 107 cm³/mol. The van der Waals surface area contributed by atoms with Crippen LogP contribution in [0.3, 0.4) is 0 Å². The Balaban J connectivity index is 1.31. The van der Waals surface area contributed by atoms with Gasteiger partial charge in [0, 0.05) is 55.5 Å². The molecule has 0 bridgehead atoms. The highest BCUT2D eigenvalue weighted by atomic mass is 16.5. The van der Waals surface area contributed by atoms with Gasteiger partial charge in [-0.25, -0.2) is 0 Å². The molecule has 2 N–H and O–H groups in total. The summed E-state index contributed by atoms with van der Waals surface area (Å²) in [7, 11) is 1.56. The fourth-order valence-corrected chi connectivity index (χ4v) is 4.37. The molecule has 4 rings (SSSR count). The van der Waals surface area contributed by atoms with Gasteiger partial charge in [-0.3, -0.25) is 14.6 Å². The largest absolute Gasteiger partial charge is 0.497 e. The van der Waals surface area contributed by atoms with E-state index in [0.717, 1.165) is 32.4 Å². The van der Waals surface area contributed by atoms with Crippen molar-refractivity contribution in [1.29, 1.82) is 0 Å². The van der Waals surface area contributed by atoms with Crippen molar-refractivity contribution in [2.75, 3.05) is 39.8 Å². The van der Waals surface area contributed by atoms with Crippen molar-refractivity contribution in [3.05, 3.63) is 41.1 Å². The zero-order valence-electron chi connectivity index (χ0n) is 16.2. The monoisotopic (exact) mass is 382 g/mol. The Bertz CT molecular complexity index is 838. The maximum atomic E-state index is 12.6. The van der Waals surface area contributed by atoms with Crippen molar-refractivity contribution in [2.45, 2.75) is 19.3 Å². The summed E-state index contributed by atoms with van der Waals surface area (Å²) < 4.78 is 5.14. The van der Waals surface area contributed by atoms with E-state index >= 15 is 0 Å². The molecule has 148 valence electrons. The Morgan fingerprint density at radius 1 is 1.32 bits per heavy atom. The summed E-state index contributed by atoms with van der Waals surface area (Å²) in [5.74, 6) is 0.302. The third-order valence-electron chi connectivity index (χ3n) is 6.00. The summed E-state index contributed by atoms with van der Waals surface area (Å²) in [5.41, 5.74) is 3.19. The predicted octanol–water partition coefficient (Wildman–Crippen LogP) is 1.37. The van der Waals surface area contributed by atoms with Crippen molar-refractivity contribution in [3.63, 3.8) is 0 Å². The van der Waals surface area contributed by atoms with Crippen molar-refractivity contribution in [1.82, 2.24) is 15.5 Å². The molecule has 0 aliphatic carbocycles. The number of hydrogen-bond acceptors (Lipinski definition) is 5. The molecule has 1 spiro atoms. The van der Waals surface area contributed by atoms with Gasteiger partial charge < -0.3 is 20.3 Å². The van der Waals surface area contributed by atoms with Crippen molar-refractivity contribution in [2.24, 2.45) is 10.4 Å². The summed E-state index contributed by atoms with van der Waals surface area (Å²) in [4.78, 5) is 31.4. The highest BCUT2D eigenvalue weighted by molar-refractivity contribution is 5.96. The van der Waals surface area contributed by atoms with Gasteiger partial charge in [-0.05, 0) is 36.6 Å². The Labute approximate surface area is 164 Å². The molecule has 0 saturated carbocycles. The van der Waals surface area contributed by atoms with Gasteiger partial charge >= 0.3 is 0 Å². The minimum atomic E-state index is -0.271. The first kappa shape index (κ1) is 18.7. The molecule has 7 nitrogen and oxygen atoms in total. The number of fused-ring (bicyclic) bond motifs is 1. The number of carbonyl (C=O) groups is 2. The minimum Gasteiger partial charge on any atom is -0.497 e. The van der Waals surface area contributed by atoms with Crippen molar-refractivity contribution >= 4 is 18.0 Å². The van der Waals surface area contributed by atoms with Crippen molar-refractivity contribution < 1.29 is 14.3 Å². The van der Waals surface area contributed by atoms with E-state index in [1.54, 1.807) is 31.4 Å². The molecule has 1 fully saturated rings. The van der Waals surface area contributed by atoms with E-state index in [0.29, 0.717) is 24.4 Å². The van der Waals surface area contributed by atoms with E-state index in [2.05, 4.69) is 15.6 Å². The average molecular weight is 382 g/mol. The molecule has 1 aromatic carbocycles. The third-order valence-corrected chi connectivity index (χ3v) is 6.00. The second-order valence-corrected chi connectivity index (χ2v) is 7.65. The van der Waals surface area contributed by atoms with Gasteiger partial charge in [0.05, 0.1) is 13.7 Å². The van der Waals surface area contributed by atoms with Gasteiger partial charge in [-0.15, -0.1) is 0 Å². The number of nitrogens with zero attached hydrogens (tertiary/aromatic N) is 2. The summed E-state index contributed by atoms with van der Waals surface area (Å²) in [6.45, 7) is 3.25. The molecule has 3 aliphatic heterocycles. The van der Waals surface area contributed by atoms with Crippen LogP contribution in [-0.4, -0.2) is 62.8 Å². The van der Waals surface area contributed by atoms with Crippen LogP contribution in [0.15, 0.2) is 40.5 Å². The lowest BCUT2D eigenvalue weighted by Crippen LogP contribution is -2.51. The lowest BCUT2D eigenvalue weighted by molar-refractivity contribution is -0.132. The second-order valence-electron chi connectivity index (χ2n) is 7.65. The average Bonchev–Trinajstić information content (AvgIpc) is 3.23. The topological polar surface area (TPSA) is 83.0 Å². The van der Waals surface area contributed by atoms with Gasteiger partial charge in [0.1, 0.15) is 5.75 Å². The molecular formula is C21H26N4O3. The number of hydrogen-bond donors (Lipinski definition) is 2. The number of aliphatic imine (C=N–C) groups is 1. The Hall–Kier alpha value is -2.67. The number of benzene rings is 1. The molecule has 2 amide bonds. The van der Waals surface area contributed by atoms with E-state index in [-0.39, 0.29) is 23.8 Å². The first-order valence-corrected chi connectivity index (χ1v) is 9.77. The van der Waals surface area contributed by atoms with Crippen LogP contribution in [0, 0.1) is 5.41 Å². The fraction of sp³-hybridized carbons (Fsp3) is 0.476. The number of rotatable bonds is 4. The van der Waals surface area contributed by atoms with Gasteiger partial charge in [0.2, 0.25) is 5.91 Å². The van der Waals surface area contributed by atoms with E-state index in [1.165, 1.54) is 11.3 Å². The lowest BCUT2D eigenvalue weighted by atomic mass is 9.72. The number of piperidine rings is 1. The van der Waals surface area contributed by atoms with Crippen LogP contribution in [0.25, 0.3) is 0 Å². The zero-order valence-corrected chi connectivity index (χ0v) is 16.2. The zero-order chi connectivity index (χ0) is 19.6. The summed E-state index contributed by atoms with van der Waals surface area (Å²) >= 11 is 0. The highest BCUT2D eigenvalue weighted by Crippen LogP contribution is 2.44. The number of methoxy groups -OCH3 is 1. The molecule has 1 saturated heterocycles. The van der Waals surface area contributed by atoms with Crippen molar-refractivity contribution in [3.8, 4) is 5.75 Å². The fourth-order valence-electron chi connectivity index (χ4n) is 4.37. The van der Waals surface area contributed by atoms with Crippen LogP contribution in [-0.2, 0) is 4.79 Å². The highest BCUT2D eigenvalue weighted by Gasteiger charge is 2.42. The first-order valence-electron chi connectivity index (χ1n) is 9.77. The minimum absolute atomic E-state index is 0.00733. The van der Waals surface area contributed by atoms with E-state index < -0.39 is 0 Å². The molecular weight excluding hydrogens is 356 g/mol. The van der Waals surface area contributed by atoms with E-state index in [1.807, 2.05) is 11.1 Å². The number of amides is 2. The third kappa shape index (κ3) is 3.54. The van der Waals surface area contributed by atoms with Gasteiger partial charge in [0.15, 0.2) is 0 Å². The number of likely N-dealkylation sites (tertiary alicyclic amines) is 1. The Morgan fingerprint density at radius 2 is 2.14 bits per heavy atom. The van der Waals surface area contributed by atoms with Crippen LogP contribution in [0.1, 0.15) is 29.6 Å². The molecule has 28 heavy (non-hydrogen) atoms. The SMILES string of the molecule is COc1cccc(C(=O)NCC(=O)N2CCC3(CC2)CNCC2=C3N=CC2)c1. The van der Waals surface area contributed by atoms with Gasteiger partial charge in [-0.2, -0.15) is 0 Å². The molecule has 0 atom stereocenters. The summed E-state index contributed by atoms with van der Waals surface area (Å²) in [5, 5.41) is 6.24. The Kier molecular flexibility index (Phi) is 5.17. The smallest absolute Gasteiger partial charge is 0.251 e. The normalized spacial score (nSPS) is 20.2. The Morgan fingerprint density at radius 3 is 2.93 bits per heavy atom. The van der Waals surface area contributed by atoms with Crippen LogP contribution < -0.4 is 15.4 Å². The van der Waals surface area contributed by atoms with Gasteiger partial charge in [-0.1, -0.05) is 6.07 Å². The number of nitrogens with one attached hydrogen (secondary N) is 2. The molecule has 0 aromatic heterocycles. The number of carbonyl (C=O) groups excluding carboxylic acids is 2. The summed E-state index contributed by atoms with van der Waals surface area (Å²) in [6.07, 6.45) is 4.77. The molecule has 3 heterocycles. The lowest BCUT2D eigenvalue weighted by Gasteiger charge is -2.44. The quantitative estimate of drug-likeness (QED) is 0.824. The van der Waals surface area contributed by atoms with Crippen LogP contribution >= 0.6 is 0 Å². The maximum absolute atomic E-state index is 12.6. The molecule has 0 unspecified atom stereocenters. The molecule has 1 aromatic rings. The molecule has 3 aliphatic rings. The standard InChI is InChI=1S/C21H26N4O3/c1-28-17-4-2-3-15(11-17)20(27)24-13-18(26)25-9-6-21(7-10-25)14-22-12-16-5-8-23-19(16)21/h2-4,8,11,22H,5-7,9-10,12-14H2,1H3,(H,24,27).